The Morgan fingerprint density at radius 3 is 2.68 bits per heavy atom. The van der Waals surface area contributed by atoms with Gasteiger partial charge in [-0.2, -0.15) is 15.0 Å². The number of nitrogens with zero attached hydrogens (tertiary/aromatic N) is 5. The summed E-state index contributed by atoms with van der Waals surface area (Å²) in [7, 11) is 3.30. The zero-order valence-corrected chi connectivity index (χ0v) is 15.7. The fourth-order valence-electron chi connectivity index (χ4n) is 2.60. The van der Waals surface area contributed by atoms with Gasteiger partial charge >= 0.3 is 0 Å². The third-order valence-corrected chi connectivity index (χ3v) is 4.21. The number of morpholine rings is 1. The van der Waals surface area contributed by atoms with Crippen molar-refractivity contribution in [3.8, 4) is 11.4 Å². The Balaban J connectivity index is 1.94. The van der Waals surface area contributed by atoms with E-state index in [0.717, 1.165) is 0 Å². The van der Waals surface area contributed by atoms with E-state index in [4.69, 9.17) is 4.74 Å². The van der Waals surface area contributed by atoms with Crippen LogP contribution in [0, 0.1) is 0 Å². The quantitative estimate of drug-likeness (QED) is 0.803. The SMILES string of the molecule is CN(C)C(=O)CNc1nc(-c2cccc(C(F)F)c2)nc(N2CCOCC2)n1. The van der Waals surface area contributed by atoms with Crippen LogP contribution in [0.3, 0.4) is 0 Å². The van der Waals surface area contributed by atoms with Gasteiger partial charge in [-0.3, -0.25) is 4.79 Å². The molecule has 2 heterocycles. The fraction of sp³-hybridized carbons (Fsp3) is 0.444. The Kier molecular flexibility index (Phi) is 6.30. The van der Waals surface area contributed by atoms with Crippen LogP contribution < -0.4 is 10.2 Å². The summed E-state index contributed by atoms with van der Waals surface area (Å²) in [4.78, 5) is 28.4. The van der Waals surface area contributed by atoms with Crippen LogP contribution in [0.4, 0.5) is 20.7 Å². The number of nitrogens with one attached hydrogen (secondary N) is 1. The molecule has 1 aliphatic rings. The van der Waals surface area contributed by atoms with Crippen molar-refractivity contribution in [2.75, 3.05) is 57.2 Å². The highest BCUT2D eigenvalue weighted by Gasteiger charge is 2.18. The van der Waals surface area contributed by atoms with E-state index in [1.165, 1.54) is 23.1 Å². The lowest BCUT2D eigenvalue weighted by atomic mass is 10.1. The normalized spacial score (nSPS) is 14.2. The molecule has 1 aliphatic heterocycles. The van der Waals surface area contributed by atoms with Gasteiger partial charge in [0.1, 0.15) is 0 Å². The summed E-state index contributed by atoms with van der Waals surface area (Å²) in [5.74, 6) is 0.744. The van der Waals surface area contributed by atoms with E-state index in [2.05, 4.69) is 20.3 Å². The van der Waals surface area contributed by atoms with E-state index >= 15 is 0 Å². The summed E-state index contributed by atoms with van der Waals surface area (Å²) < 4.78 is 31.5. The number of aromatic nitrogens is 3. The van der Waals surface area contributed by atoms with E-state index in [1.54, 1.807) is 20.2 Å². The number of carbonyl (C=O) groups excluding carboxylic acids is 1. The third kappa shape index (κ3) is 4.89. The Morgan fingerprint density at radius 2 is 2.00 bits per heavy atom. The molecule has 0 unspecified atom stereocenters. The van der Waals surface area contributed by atoms with E-state index in [-0.39, 0.29) is 29.8 Å². The van der Waals surface area contributed by atoms with Crippen LogP contribution in [0.2, 0.25) is 0 Å². The standard InChI is InChI=1S/C18H22F2N6O2/c1-25(2)14(27)11-21-17-22-16(13-5-3-4-12(10-13)15(19)20)23-18(24-17)26-6-8-28-9-7-26/h3-5,10,15H,6-9,11H2,1-2H3,(H,21,22,23,24). The number of alkyl halides is 2. The van der Waals surface area contributed by atoms with Crippen molar-refractivity contribution in [2.45, 2.75) is 6.43 Å². The lowest BCUT2D eigenvalue weighted by Crippen LogP contribution is -2.37. The third-order valence-electron chi connectivity index (χ3n) is 4.21. The molecular weight excluding hydrogens is 370 g/mol. The average molecular weight is 392 g/mol. The van der Waals surface area contributed by atoms with Gasteiger partial charge < -0.3 is 19.9 Å². The first-order chi connectivity index (χ1) is 13.4. The lowest BCUT2D eigenvalue weighted by molar-refractivity contribution is -0.126. The highest BCUT2D eigenvalue weighted by Crippen LogP contribution is 2.25. The number of hydrogen-bond donors (Lipinski definition) is 1. The molecule has 0 aliphatic carbocycles. The average Bonchev–Trinajstić information content (AvgIpc) is 2.72. The maximum Gasteiger partial charge on any atom is 0.263 e. The zero-order chi connectivity index (χ0) is 20.1. The number of amides is 1. The minimum Gasteiger partial charge on any atom is -0.378 e. The molecule has 1 aromatic heterocycles. The van der Waals surface area contributed by atoms with Crippen LogP contribution >= 0.6 is 0 Å². The number of likely N-dealkylation sites (N-methyl/N-ethyl adjacent to an activating group) is 1. The maximum absolute atomic E-state index is 13.1. The molecule has 1 amide bonds. The van der Waals surface area contributed by atoms with Gasteiger partial charge in [0.15, 0.2) is 5.82 Å². The number of ether oxygens (including phenoxy) is 1. The van der Waals surface area contributed by atoms with Gasteiger partial charge in [0, 0.05) is 38.3 Å². The predicted octanol–water partition coefficient (Wildman–Crippen LogP) is 1.81. The first-order valence-electron chi connectivity index (χ1n) is 8.85. The van der Waals surface area contributed by atoms with Crippen LogP contribution in [0.15, 0.2) is 24.3 Å². The monoisotopic (exact) mass is 392 g/mol. The van der Waals surface area contributed by atoms with Crippen molar-refractivity contribution < 1.29 is 18.3 Å². The number of carbonyl (C=O) groups is 1. The van der Waals surface area contributed by atoms with Gasteiger partial charge in [-0.15, -0.1) is 0 Å². The summed E-state index contributed by atoms with van der Waals surface area (Å²) in [6.07, 6.45) is -2.59. The molecular formula is C18H22F2N6O2. The number of hydrogen-bond acceptors (Lipinski definition) is 7. The molecule has 1 fully saturated rings. The summed E-state index contributed by atoms with van der Waals surface area (Å²) in [6.45, 7) is 2.32. The van der Waals surface area contributed by atoms with Gasteiger partial charge in [-0.1, -0.05) is 18.2 Å². The zero-order valence-electron chi connectivity index (χ0n) is 15.7. The molecule has 2 aromatic rings. The Morgan fingerprint density at radius 1 is 1.25 bits per heavy atom. The van der Waals surface area contributed by atoms with Gasteiger partial charge in [0.25, 0.3) is 6.43 Å². The Hall–Kier alpha value is -2.88. The van der Waals surface area contributed by atoms with Gasteiger partial charge in [0.2, 0.25) is 17.8 Å². The topological polar surface area (TPSA) is 83.5 Å². The van der Waals surface area contributed by atoms with Crippen molar-refractivity contribution in [1.29, 1.82) is 0 Å². The molecule has 0 atom stereocenters. The summed E-state index contributed by atoms with van der Waals surface area (Å²) in [6, 6.07) is 5.92. The Labute approximate surface area is 161 Å². The molecule has 0 spiro atoms. The second kappa shape index (κ2) is 8.87. The fourth-order valence-corrected chi connectivity index (χ4v) is 2.60. The molecule has 0 saturated carbocycles. The first-order valence-corrected chi connectivity index (χ1v) is 8.85. The second-order valence-corrected chi connectivity index (χ2v) is 6.45. The van der Waals surface area contributed by atoms with Crippen LogP contribution in [0.25, 0.3) is 11.4 Å². The summed E-state index contributed by atoms with van der Waals surface area (Å²) in [5, 5.41) is 2.89. The van der Waals surface area contributed by atoms with Crippen molar-refractivity contribution in [3.63, 3.8) is 0 Å². The van der Waals surface area contributed by atoms with Crippen LogP contribution in [-0.2, 0) is 9.53 Å². The van der Waals surface area contributed by atoms with E-state index in [0.29, 0.717) is 37.8 Å². The summed E-state index contributed by atoms with van der Waals surface area (Å²) in [5.41, 5.74) is 0.347. The van der Waals surface area contributed by atoms with Gasteiger partial charge in [-0.05, 0) is 6.07 Å². The molecule has 150 valence electrons. The van der Waals surface area contributed by atoms with E-state index < -0.39 is 6.43 Å². The summed E-state index contributed by atoms with van der Waals surface area (Å²) >= 11 is 0. The maximum atomic E-state index is 13.1. The van der Waals surface area contributed by atoms with Crippen LogP contribution in [-0.4, -0.2) is 72.7 Å². The molecule has 8 nitrogen and oxygen atoms in total. The molecule has 10 heteroatoms. The smallest absolute Gasteiger partial charge is 0.263 e. The van der Waals surface area contributed by atoms with E-state index in [9.17, 15) is 13.6 Å². The number of anilines is 2. The number of halogens is 2. The molecule has 0 radical (unpaired) electrons. The van der Waals surface area contributed by atoms with E-state index in [1.807, 2.05) is 4.90 Å². The van der Waals surface area contributed by atoms with Gasteiger partial charge in [-0.25, -0.2) is 8.78 Å². The number of rotatable bonds is 6. The molecule has 0 bridgehead atoms. The minimum atomic E-state index is -2.59. The molecule has 1 N–H and O–H groups in total. The predicted molar refractivity (Wildman–Crippen MR) is 100 cm³/mol. The van der Waals surface area contributed by atoms with Crippen molar-refractivity contribution >= 4 is 17.8 Å². The Bertz CT molecular complexity index is 827. The second-order valence-electron chi connectivity index (χ2n) is 6.45. The first kappa shape index (κ1) is 19.9. The minimum absolute atomic E-state index is 0.01000. The van der Waals surface area contributed by atoms with Crippen molar-refractivity contribution in [3.05, 3.63) is 29.8 Å². The van der Waals surface area contributed by atoms with Crippen molar-refractivity contribution in [1.82, 2.24) is 19.9 Å². The van der Waals surface area contributed by atoms with Crippen LogP contribution in [0.5, 0.6) is 0 Å². The molecule has 1 aromatic carbocycles. The highest BCUT2D eigenvalue weighted by molar-refractivity contribution is 5.79. The largest absolute Gasteiger partial charge is 0.378 e. The van der Waals surface area contributed by atoms with Crippen LogP contribution in [0.1, 0.15) is 12.0 Å². The molecule has 1 saturated heterocycles. The highest BCUT2D eigenvalue weighted by atomic mass is 19.3. The molecule has 3 rings (SSSR count). The lowest BCUT2D eigenvalue weighted by Gasteiger charge is -2.27. The van der Waals surface area contributed by atoms with Gasteiger partial charge in [0.05, 0.1) is 19.8 Å². The van der Waals surface area contributed by atoms with Crippen molar-refractivity contribution in [2.24, 2.45) is 0 Å². The molecule has 28 heavy (non-hydrogen) atoms. The number of benzene rings is 1.